The minimum absolute atomic E-state index is 0.166. The molecule has 1 saturated carbocycles. The summed E-state index contributed by atoms with van der Waals surface area (Å²) in [6.07, 6.45) is 9.52. The van der Waals surface area contributed by atoms with Crippen molar-refractivity contribution < 1.29 is 0 Å². The van der Waals surface area contributed by atoms with Crippen molar-refractivity contribution in [3.8, 4) is 0 Å². The van der Waals surface area contributed by atoms with Gasteiger partial charge >= 0.3 is 0 Å². The zero-order chi connectivity index (χ0) is 23.7. The van der Waals surface area contributed by atoms with Crippen molar-refractivity contribution in [3.05, 3.63) is 32.1 Å². The highest BCUT2D eigenvalue weighted by atomic mass is 35.5. The van der Waals surface area contributed by atoms with Crippen LogP contribution in [0.4, 0.5) is 5.69 Å². The summed E-state index contributed by atoms with van der Waals surface area (Å²) in [6.45, 7) is 11.1. The van der Waals surface area contributed by atoms with E-state index in [4.69, 9.17) is 28.9 Å². The molecule has 2 aliphatic rings. The maximum Gasteiger partial charge on any atom is 0.131 e. The predicted molar refractivity (Wildman–Crippen MR) is 149 cm³/mol. The summed E-state index contributed by atoms with van der Waals surface area (Å²) in [7, 11) is 0. The molecule has 180 valence electrons. The van der Waals surface area contributed by atoms with Crippen molar-refractivity contribution in [2.75, 3.05) is 17.6 Å². The molecule has 3 nitrogen and oxygen atoms in total. The van der Waals surface area contributed by atoms with Crippen LogP contribution in [0.1, 0.15) is 83.9 Å². The Morgan fingerprint density at radius 3 is 2.44 bits per heavy atom. The molecule has 3 N–H and O–H groups in total. The number of fused-ring (bicyclic) bond motifs is 1. The van der Waals surface area contributed by atoms with Gasteiger partial charge in [0.05, 0.1) is 15.4 Å². The molecular weight excluding hydrogens is 477 g/mol. The highest BCUT2D eigenvalue weighted by Crippen LogP contribution is 2.46. The third-order valence-corrected chi connectivity index (χ3v) is 9.07. The Hall–Kier alpha value is -0.460. The number of hydrogen-bond acceptors (Lipinski definition) is 5. The molecule has 7 heteroatoms. The number of anilines is 1. The number of halogens is 2. The largest absolute Gasteiger partial charge is 0.379 e. The van der Waals surface area contributed by atoms with Crippen molar-refractivity contribution >= 4 is 62.2 Å². The van der Waals surface area contributed by atoms with Gasteiger partial charge < -0.3 is 11.1 Å². The summed E-state index contributed by atoms with van der Waals surface area (Å²) < 4.78 is 1.09. The first-order chi connectivity index (χ1) is 15.5. The Morgan fingerprint density at radius 1 is 1.09 bits per heavy atom. The third-order valence-electron chi connectivity index (χ3n) is 5.69. The fourth-order valence-corrected chi connectivity index (χ4v) is 7.23. The van der Waals surface area contributed by atoms with Gasteiger partial charge in [0, 0.05) is 40.1 Å². The fraction of sp³-hybridized carbons (Fsp3) is 0.640. The fourth-order valence-electron chi connectivity index (χ4n) is 4.18. The van der Waals surface area contributed by atoms with E-state index in [-0.39, 0.29) is 6.04 Å². The van der Waals surface area contributed by atoms with Crippen LogP contribution in [-0.2, 0) is 0 Å². The summed E-state index contributed by atoms with van der Waals surface area (Å²) >= 11 is 16.8. The first kappa shape index (κ1) is 27.8. The second-order valence-corrected chi connectivity index (χ2v) is 11.0. The summed E-state index contributed by atoms with van der Waals surface area (Å²) in [4.78, 5) is 7.13. The van der Waals surface area contributed by atoms with Crippen LogP contribution in [0.15, 0.2) is 17.0 Å². The highest BCUT2D eigenvalue weighted by molar-refractivity contribution is 8.03. The number of thioether (sulfide) groups is 1. The number of hydrogen-bond donors (Lipinski definition) is 2. The number of aromatic nitrogens is 1. The molecule has 1 fully saturated rings. The van der Waals surface area contributed by atoms with E-state index >= 15 is 0 Å². The lowest BCUT2D eigenvalue weighted by Gasteiger charge is -2.25. The van der Waals surface area contributed by atoms with Crippen molar-refractivity contribution in [2.24, 2.45) is 11.7 Å². The molecule has 1 aliphatic carbocycles. The van der Waals surface area contributed by atoms with Gasteiger partial charge in [0.25, 0.3) is 0 Å². The minimum atomic E-state index is 0.166. The maximum absolute atomic E-state index is 6.83. The Kier molecular flexibility index (Phi) is 12.2. The standard InChI is InChI=1S/C21H27Cl2N3S2.2C2H6/c1-12-8-13(27-11-12)10-25-16-9-17(22)26-19-18(23)20(28-21(16)19)14-6-4-2-3-5-7-15(14)24;2*1-2/h8-9,12,14-15H,2-7,10-11,24H2,1H3,(H,25,26);2*1-2H3. The molecule has 0 spiro atoms. The molecule has 2 aromatic heterocycles. The number of nitrogens with one attached hydrogen (secondary N) is 1. The van der Waals surface area contributed by atoms with E-state index in [1.165, 1.54) is 35.5 Å². The SMILES string of the molecule is CC.CC.CC1C=C(CNc2cc(Cl)nc3c(Cl)c(C4CCCCCCC4N)sc23)SC1. The van der Waals surface area contributed by atoms with Crippen LogP contribution in [0, 0.1) is 5.92 Å². The predicted octanol–water partition coefficient (Wildman–Crippen LogP) is 9.10. The first-order valence-electron chi connectivity index (χ1n) is 12.1. The van der Waals surface area contributed by atoms with Crippen molar-refractivity contribution in [1.29, 1.82) is 0 Å². The molecule has 1 aliphatic heterocycles. The molecule has 2 aromatic rings. The zero-order valence-electron chi connectivity index (χ0n) is 20.1. The monoisotopic (exact) mass is 515 g/mol. The first-order valence-corrected chi connectivity index (χ1v) is 14.7. The average Bonchev–Trinajstić information content (AvgIpc) is 3.35. The number of rotatable bonds is 4. The van der Waals surface area contributed by atoms with Crippen LogP contribution in [0.3, 0.4) is 0 Å². The van der Waals surface area contributed by atoms with Crippen LogP contribution >= 0.6 is 46.3 Å². The molecule has 0 radical (unpaired) electrons. The van der Waals surface area contributed by atoms with Gasteiger partial charge in [0.2, 0.25) is 0 Å². The number of nitrogens with zero attached hydrogens (tertiary/aromatic N) is 1. The smallest absolute Gasteiger partial charge is 0.131 e. The maximum atomic E-state index is 6.83. The third kappa shape index (κ3) is 7.02. The molecule has 0 saturated heterocycles. The van der Waals surface area contributed by atoms with Crippen LogP contribution in [-0.4, -0.2) is 23.3 Å². The summed E-state index contributed by atoms with van der Waals surface area (Å²) in [5.74, 6) is 2.12. The van der Waals surface area contributed by atoms with Crippen LogP contribution in [0.25, 0.3) is 10.2 Å². The highest BCUT2D eigenvalue weighted by Gasteiger charge is 2.27. The summed E-state index contributed by atoms with van der Waals surface area (Å²) in [5, 5.41) is 4.80. The van der Waals surface area contributed by atoms with Crippen LogP contribution in [0.2, 0.25) is 10.2 Å². The van der Waals surface area contributed by atoms with E-state index in [0.29, 0.717) is 17.0 Å². The summed E-state index contributed by atoms with van der Waals surface area (Å²) in [5.41, 5.74) is 8.40. The molecule has 3 atom stereocenters. The number of nitrogens with two attached hydrogens (primary N) is 1. The van der Waals surface area contributed by atoms with E-state index in [0.717, 1.165) is 46.1 Å². The van der Waals surface area contributed by atoms with Gasteiger partial charge in [-0.2, -0.15) is 0 Å². The Balaban J connectivity index is 0.000000860. The molecule has 3 unspecified atom stereocenters. The molecule has 0 aromatic carbocycles. The average molecular weight is 517 g/mol. The van der Waals surface area contributed by atoms with E-state index < -0.39 is 0 Å². The second-order valence-electron chi connectivity index (χ2n) is 7.99. The normalized spacial score (nSPS) is 23.2. The lowest BCUT2D eigenvalue weighted by Crippen LogP contribution is -2.29. The number of allylic oxidation sites excluding steroid dienone is 1. The van der Waals surface area contributed by atoms with Gasteiger partial charge in [-0.3, -0.25) is 0 Å². The van der Waals surface area contributed by atoms with E-state index in [1.807, 2.05) is 45.5 Å². The van der Waals surface area contributed by atoms with Crippen molar-refractivity contribution in [3.63, 3.8) is 0 Å². The Morgan fingerprint density at radius 2 is 1.78 bits per heavy atom. The lowest BCUT2D eigenvalue weighted by molar-refractivity contribution is 0.408. The van der Waals surface area contributed by atoms with Crippen molar-refractivity contribution in [2.45, 2.75) is 85.1 Å². The van der Waals surface area contributed by atoms with Gasteiger partial charge in [-0.05, 0) is 18.8 Å². The second kappa shape index (κ2) is 14.1. The molecule has 0 bridgehead atoms. The summed E-state index contributed by atoms with van der Waals surface area (Å²) in [6, 6.07) is 2.08. The molecule has 4 rings (SSSR count). The lowest BCUT2D eigenvalue weighted by atomic mass is 9.86. The number of thiophene rings is 1. The quantitative estimate of drug-likeness (QED) is 0.398. The van der Waals surface area contributed by atoms with Crippen molar-refractivity contribution in [1.82, 2.24) is 4.98 Å². The van der Waals surface area contributed by atoms with Gasteiger partial charge in [-0.1, -0.05) is 89.6 Å². The van der Waals surface area contributed by atoms with Gasteiger partial charge in [-0.25, -0.2) is 4.98 Å². The van der Waals surface area contributed by atoms with Gasteiger partial charge in [0.1, 0.15) is 10.7 Å². The van der Waals surface area contributed by atoms with Crippen LogP contribution in [0.5, 0.6) is 0 Å². The van der Waals surface area contributed by atoms with E-state index in [2.05, 4.69) is 23.3 Å². The number of pyridine rings is 1. The Bertz CT molecular complexity index is 882. The molecular formula is C25H39Cl2N3S2. The topological polar surface area (TPSA) is 50.9 Å². The van der Waals surface area contributed by atoms with Gasteiger partial charge in [0.15, 0.2) is 0 Å². The molecule has 0 amide bonds. The Labute approximate surface area is 212 Å². The molecule has 3 heterocycles. The van der Waals surface area contributed by atoms with Gasteiger partial charge in [-0.15, -0.1) is 23.1 Å². The minimum Gasteiger partial charge on any atom is -0.379 e. The van der Waals surface area contributed by atoms with E-state index in [1.54, 1.807) is 11.3 Å². The molecule has 32 heavy (non-hydrogen) atoms. The zero-order valence-corrected chi connectivity index (χ0v) is 23.3. The van der Waals surface area contributed by atoms with E-state index in [9.17, 15) is 0 Å². The van der Waals surface area contributed by atoms with Crippen LogP contribution < -0.4 is 11.1 Å².